The molecular formula is C14H8Cl4N2O2. The molecule has 0 aromatic heterocycles. The maximum absolute atomic E-state index is 12.0. The molecule has 0 saturated carbocycles. The minimum absolute atomic E-state index is 0.0122. The van der Waals surface area contributed by atoms with Crippen molar-refractivity contribution in [1.29, 1.82) is 0 Å². The summed E-state index contributed by atoms with van der Waals surface area (Å²) >= 11 is 23.6. The topological polar surface area (TPSA) is 58.2 Å². The van der Waals surface area contributed by atoms with Gasteiger partial charge in [0.1, 0.15) is 0 Å². The second kappa shape index (κ2) is 7.20. The Morgan fingerprint density at radius 2 is 1.36 bits per heavy atom. The predicted molar refractivity (Wildman–Crippen MR) is 89.4 cm³/mol. The highest BCUT2D eigenvalue weighted by Crippen LogP contribution is 2.29. The largest absolute Gasteiger partial charge is 0.326 e. The lowest BCUT2D eigenvalue weighted by atomic mass is 10.2. The molecule has 0 atom stereocenters. The van der Waals surface area contributed by atoms with Crippen LogP contribution in [0.15, 0.2) is 36.4 Å². The Morgan fingerprint density at radius 1 is 0.818 bits per heavy atom. The Bertz CT molecular complexity index is 729. The zero-order valence-electron chi connectivity index (χ0n) is 10.8. The Balaban J connectivity index is 2.12. The summed E-state index contributed by atoms with van der Waals surface area (Å²) in [4.78, 5) is 23.9. The number of urea groups is 1. The number of hydrogen-bond donors (Lipinski definition) is 2. The summed E-state index contributed by atoms with van der Waals surface area (Å²) in [6.45, 7) is 0. The lowest BCUT2D eigenvalue weighted by Gasteiger charge is -2.10. The molecule has 2 N–H and O–H groups in total. The number of carbonyl (C=O) groups is 2. The Kier molecular flexibility index (Phi) is 5.53. The molecule has 2 aromatic rings. The maximum atomic E-state index is 12.0. The van der Waals surface area contributed by atoms with Gasteiger partial charge in [-0.25, -0.2) is 4.79 Å². The summed E-state index contributed by atoms with van der Waals surface area (Å²) in [5.74, 6) is -0.730. The normalized spacial score (nSPS) is 10.2. The van der Waals surface area contributed by atoms with Crippen LogP contribution < -0.4 is 10.6 Å². The predicted octanol–water partition coefficient (Wildman–Crippen LogP) is 5.26. The second-order valence-corrected chi connectivity index (χ2v) is 5.71. The first kappa shape index (κ1) is 16.9. The summed E-state index contributed by atoms with van der Waals surface area (Å²) in [6.07, 6.45) is 0. The molecule has 114 valence electrons. The summed E-state index contributed by atoms with van der Waals surface area (Å²) < 4.78 is 0. The number of benzene rings is 2. The van der Waals surface area contributed by atoms with E-state index in [0.717, 1.165) is 0 Å². The molecular weight excluding hydrogens is 370 g/mol. The Morgan fingerprint density at radius 3 is 2.00 bits per heavy atom. The number of imide groups is 1. The van der Waals surface area contributed by atoms with E-state index in [9.17, 15) is 9.59 Å². The molecule has 0 bridgehead atoms. The summed E-state index contributed by atoms with van der Waals surface area (Å²) in [7, 11) is 0. The van der Waals surface area contributed by atoms with Gasteiger partial charge in [-0.15, -0.1) is 0 Å². The third kappa shape index (κ3) is 3.84. The van der Waals surface area contributed by atoms with Crippen LogP contribution in [-0.2, 0) is 0 Å². The maximum Gasteiger partial charge on any atom is 0.326 e. The van der Waals surface area contributed by atoms with Gasteiger partial charge in [0.2, 0.25) is 0 Å². The van der Waals surface area contributed by atoms with E-state index in [-0.39, 0.29) is 31.3 Å². The van der Waals surface area contributed by atoms with Crippen molar-refractivity contribution in [2.45, 2.75) is 0 Å². The Labute approximate surface area is 146 Å². The summed E-state index contributed by atoms with van der Waals surface area (Å²) in [5, 5.41) is 5.25. The van der Waals surface area contributed by atoms with E-state index >= 15 is 0 Å². The molecule has 0 saturated heterocycles. The van der Waals surface area contributed by atoms with Gasteiger partial charge < -0.3 is 5.32 Å². The third-order valence-corrected chi connectivity index (χ3v) is 4.07. The standard InChI is InChI=1S/C14H8Cl4N2O2/c15-7-3-1-4-8(16)11(7)13(21)20-14(22)19-10-6-2-5-9(17)12(10)18/h1-6H,(H2,19,20,21,22). The van der Waals surface area contributed by atoms with Gasteiger partial charge in [0.25, 0.3) is 5.91 Å². The van der Waals surface area contributed by atoms with Crippen molar-refractivity contribution in [3.8, 4) is 0 Å². The summed E-state index contributed by atoms with van der Waals surface area (Å²) in [5.41, 5.74) is 0.280. The number of hydrogen-bond acceptors (Lipinski definition) is 2. The fraction of sp³-hybridized carbons (Fsp3) is 0. The van der Waals surface area contributed by atoms with Gasteiger partial charge in [-0.2, -0.15) is 0 Å². The van der Waals surface area contributed by atoms with Crippen LogP contribution in [0.1, 0.15) is 10.4 Å². The molecule has 2 aromatic carbocycles. The molecule has 0 fully saturated rings. The molecule has 3 amide bonds. The van der Waals surface area contributed by atoms with E-state index in [1.54, 1.807) is 24.3 Å². The molecule has 8 heteroatoms. The van der Waals surface area contributed by atoms with Crippen LogP contribution in [0, 0.1) is 0 Å². The minimum atomic E-state index is -0.787. The number of carbonyl (C=O) groups excluding carboxylic acids is 2. The zero-order chi connectivity index (χ0) is 16.3. The van der Waals surface area contributed by atoms with Crippen LogP contribution in [0.2, 0.25) is 20.1 Å². The highest BCUT2D eigenvalue weighted by molar-refractivity contribution is 6.44. The van der Waals surface area contributed by atoms with Gasteiger partial charge in [-0.05, 0) is 24.3 Å². The van der Waals surface area contributed by atoms with Gasteiger partial charge in [-0.1, -0.05) is 58.5 Å². The van der Waals surface area contributed by atoms with Crippen LogP contribution in [0.4, 0.5) is 10.5 Å². The van der Waals surface area contributed by atoms with Crippen LogP contribution in [0.3, 0.4) is 0 Å². The van der Waals surface area contributed by atoms with E-state index in [4.69, 9.17) is 46.4 Å². The van der Waals surface area contributed by atoms with E-state index in [1.807, 2.05) is 0 Å². The number of rotatable bonds is 2. The third-order valence-electron chi connectivity index (χ3n) is 2.62. The first-order valence-corrected chi connectivity index (χ1v) is 7.41. The molecule has 0 heterocycles. The van der Waals surface area contributed by atoms with Gasteiger partial charge in [0, 0.05) is 0 Å². The smallest absolute Gasteiger partial charge is 0.306 e. The van der Waals surface area contributed by atoms with Crippen molar-refractivity contribution in [1.82, 2.24) is 5.32 Å². The quantitative estimate of drug-likeness (QED) is 0.749. The van der Waals surface area contributed by atoms with Crippen molar-refractivity contribution in [2.24, 2.45) is 0 Å². The van der Waals surface area contributed by atoms with Gasteiger partial charge in [0.15, 0.2) is 0 Å². The van der Waals surface area contributed by atoms with E-state index < -0.39 is 11.9 Å². The number of halogens is 4. The van der Waals surface area contributed by atoms with Crippen molar-refractivity contribution in [2.75, 3.05) is 5.32 Å². The molecule has 4 nitrogen and oxygen atoms in total. The number of amides is 3. The Hall–Kier alpha value is -1.46. The van der Waals surface area contributed by atoms with Crippen molar-refractivity contribution in [3.05, 3.63) is 62.1 Å². The fourth-order valence-electron chi connectivity index (χ4n) is 1.63. The first-order chi connectivity index (χ1) is 10.4. The summed E-state index contributed by atoms with van der Waals surface area (Å²) in [6, 6.07) is 8.51. The molecule has 0 unspecified atom stereocenters. The highest BCUT2D eigenvalue weighted by Gasteiger charge is 2.17. The number of nitrogens with one attached hydrogen (secondary N) is 2. The molecule has 0 aliphatic carbocycles. The lowest BCUT2D eigenvalue weighted by molar-refractivity contribution is 0.0967. The van der Waals surface area contributed by atoms with Crippen LogP contribution in [0.25, 0.3) is 0 Å². The lowest BCUT2D eigenvalue weighted by Crippen LogP contribution is -2.34. The second-order valence-electron chi connectivity index (χ2n) is 4.11. The van der Waals surface area contributed by atoms with Crippen molar-refractivity contribution >= 4 is 64.0 Å². The van der Waals surface area contributed by atoms with Crippen LogP contribution in [-0.4, -0.2) is 11.9 Å². The van der Waals surface area contributed by atoms with Gasteiger partial charge in [0.05, 0.1) is 31.3 Å². The fourth-order valence-corrected chi connectivity index (χ4v) is 2.55. The average Bonchev–Trinajstić information content (AvgIpc) is 2.43. The van der Waals surface area contributed by atoms with E-state index in [0.29, 0.717) is 0 Å². The molecule has 0 aliphatic rings. The first-order valence-electron chi connectivity index (χ1n) is 5.90. The average molecular weight is 378 g/mol. The molecule has 2 rings (SSSR count). The number of anilines is 1. The van der Waals surface area contributed by atoms with E-state index in [1.165, 1.54) is 12.1 Å². The van der Waals surface area contributed by atoms with Crippen LogP contribution >= 0.6 is 46.4 Å². The SMILES string of the molecule is O=C(NC(=O)c1c(Cl)cccc1Cl)Nc1cccc(Cl)c1Cl. The molecule has 0 aliphatic heterocycles. The minimum Gasteiger partial charge on any atom is -0.306 e. The van der Waals surface area contributed by atoms with Crippen molar-refractivity contribution in [3.63, 3.8) is 0 Å². The highest BCUT2D eigenvalue weighted by atomic mass is 35.5. The van der Waals surface area contributed by atoms with Crippen molar-refractivity contribution < 1.29 is 9.59 Å². The van der Waals surface area contributed by atoms with E-state index in [2.05, 4.69) is 10.6 Å². The molecule has 0 spiro atoms. The van der Waals surface area contributed by atoms with Gasteiger partial charge >= 0.3 is 6.03 Å². The van der Waals surface area contributed by atoms with Crippen LogP contribution in [0.5, 0.6) is 0 Å². The van der Waals surface area contributed by atoms with Gasteiger partial charge in [-0.3, -0.25) is 10.1 Å². The molecule has 0 radical (unpaired) electrons. The monoisotopic (exact) mass is 376 g/mol. The zero-order valence-corrected chi connectivity index (χ0v) is 13.8. The molecule has 22 heavy (non-hydrogen) atoms.